The lowest BCUT2D eigenvalue weighted by Gasteiger charge is -2.44. The summed E-state index contributed by atoms with van der Waals surface area (Å²) in [4.78, 5) is 2.56. The van der Waals surface area contributed by atoms with E-state index in [-0.39, 0.29) is 39.2 Å². The quantitative estimate of drug-likeness (QED) is 0.155. The number of rotatable bonds is 6. The highest BCUT2D eigenvalue weighted by Crippen LogP contribution is 2.50. The number of hydrogen-bond donors (Lipinski definition) is 1. The highest BCUT2D eigenvalue weighted by atomic mass is 16.3. The SMILES string of the molecule is C=C/C=C(/Nc1ccccc1)C1=CN(C2=C/CC(C)(C)CCC(C)(C)C/C=C\2C)c2cc3c(cc2B1c1cc2cc4c(cc2o1)C(C)(C)CCC4(C)C)C(C)(C)CCC3(C)C. The average molecular weight is 813 g/mol. The first-order chi connectivity index (χ1) is 28.5. The van der Waals surface area contributed by atoms with Gasteiger partial charge in [-0.05, 0) is 172 Å². The van der Waals surface area contributed by atoms with E-state index >= 15 is 0 Å². The Morgan fingerprint density at radius 1 is 0.672 bits per heavy atom. The molecule has 3 nitrogen and oxygen atoms in total. The van der Waals surface area contributed by atoms with Gasteiger partial charge in [0.25, 0.3) is 6.71 Å². The fourth-order valence-corrected chi connectivity index (χ4v) is 10.7. The molecule has 1 aliphatic heterocycles. The molecule has 61 heavy (non-hydrogen) atoms. The molecule has 0 atom stereocenters. The number of benzene rings is 3. The highest BCUT2D eigenvalue weighted by Gasteiger charge is 2.44. The van der Waals surface area contributed by atoms with E-state index in [1.165, 1.54) is 81.2 Å². The van der Waals surface area contributed by atoms with E-state index in [9.17, 15) is 0 Å². The second-order valence-electron chi connectivity index (χ2n) is 23.5. The van der Waals surface area contributed by atoms with Gasteiger partial charge >= 0.3 is 0 Å². The van der Waals surface area contributed by atoms with E-state index in [2.05, 4.69) is 192 Å². The van der Waals surface area contributed by atoms with E-state index < -0.39 is 0 Å². The van der Waals surface area contributed by atoms with Gasteiger partial charge in [-0.3, -0.25) is 0 Å². The van der Waals surface area contributed by atoms with Crippen LogP contribution in [0.1, 0.15) is 164 Å². The number of furan rings is 1. The molecule has 320 valence electrons. The molecule has 3 aromatic carbocycles. The summed E-state index contributed by atoms with van der Waals surface area (Å²) in [6.07, 6.45) is 20.7. The maximum absolute atomic E-state index is 7.29. The van der Waals surface area contributed by atoms with E-state index in [0.717, 1.165) is 48.3 Å². The zero-order chi connectivity index (χ0) is 43.9. The van der Waals surface area contributed by atoms with Gasteiger partial charge in [0.2, 0.25) is 0 Å². The van der Waals surface area contributed by atoms with Crippen LogP contribution < -0.4 is 21.3 Å². The van der Waals surface area contributed by atoms with E-state index in [1.54, 1.807) is 0 Å². The predicted octanol–water partition coefficient (Wildman–Crippen LogP) is 14.6. The second-order valence-corrected chi connectivity index (χ2v) is 23.5. The van der Waals surface area contributed by atoms with Gasteiger partial charge in [0, 0.05) is 34.4 Å². The summed E-state index contributed by atoms with van der Waals surface area (Å²) in [6, 6.07) is 23.0. The van der Waals surface area contributed by atoms with Crippen molar-refractivity contribution >= 4 is 40.2 Å². The Bertz CT molecular complexity index is 2440. The molecule has 1 N–H and O–H groups in total. The van der Waals surface area contributed by atoms with Gasteiger partial charge in [-0.15, -0.1) is 0 Å². The molecule has 4 aliphatic rings. The fraction of sp³-hybridized carbons (Fsp3) is 0.474. The number of nitrogens with zero attached hydrogens (tertiary/aromatic N) is 1. The van der Waals surface area contributed by atoms with Crippen molar-refractivity contribution in [2.24, 2.45) is 10.8 Å². The molecule has 0 amide bonds. The number of nitrogens with one attached hydrogen (secondary N) is 1. The first kappa shape index (κ1) is 43.2. The third-order valence-electron chi connectivity index (χ3n) is 15.5. The number of anilines is 2. The van der Waals surface area contributed by atoms with E-state index in [1.807, 2.05) is 6.08 Å². The van der Waals surface area contributed by atoms with Gasteiger partial charge in [0.1, 0.15) is 5.58 Å². The number of allylic oxidation sites excluding steroid dienone is 6. The summed E-state index contributed by atoms with van der Waals surface area (Å²) < 4.78 is 7.29. The normalized spacial score (nSPS) is 24.2. The van der Waals surface area contributed by atoms with Crippen LogP contribution in [0.5, 0.6) is 0 Å². The molecular formula is C57H73BN2O. The molecule has 0 saturated heterocycles. The molecule has 0 radical (unpaired) electrons. The van der Waals surface area contributed by atoms with Gasteiger partial charge in [-0.2, -0.15) is 0 Å². The minimum atomic E-state index is -0.176. The van der Waals surface area contributed by atoms with Crippen LogP contribution in [-0.4, -0.2) is 6.71 Å². The summed E-state index contributed by atoms with van der Waals surface area (Å²) in [5, 5.41) is 5.08. The fourth-order valence-electron chi connectivity index (χ4n) is 10.7. The summed E-state index contributed by atoms with van der Waals surface area (Å²) >= 11 is 0. The molecule has 4 heteroatoms. The van der Waals surface area contributed by atoms with Crippen LogP contribution in [-0.2, 0) is 21.7 Å². The van der Waals surface area contributed by atoms with Crippen LogP contribution in [0, 0.1) is 10.8 Å². The molecule has 0 bridgehead atoms. The van der Waals surface area contributed by atoms with Crippen molar-refractivity contribution in [2.75, 3.05) is 10.2 Å². The van der Waals surface area contributed by atoms with Crippen LogP contribution in [0.3, 0.4) is 0 Å². The minimum absolute atomic E-state index is 0.0316. The highest BCUT2D eigenvalue weighted by molar-refractivity contribution is 6.92. The zero-order valence-electron chi connectivity index (χ0n) is 40.0. The Morgan fingerprint density at radius 3 is 1.80 bits per heavy atom. The molecule has 0 spiro atoms. The first-order valence-corrected chi connectivity index (χ1v) is 23.3. The zero-order valence-corrected chi connectivity index (χ0v) is 40.0. The molecule has 3 aliphatic carbocycles. The van der Waals surface area contributed by atoms with Crippen molar-refractivity contribution in [3.05, 3.63) is 142 Å². The minimum Gasteiger partial charge on any atom is -0.470 e. The largest absolute Gasteiger partial charge is 0.470 e. The maximum Gasteiger partial charge on any atom is 0.293 e. The lowest BCUT2D eigenvalue weighted by molar-refractivity contribution is 0.241. The Kier molecular flexibility index (Phi) is 10.7. The molecular weight excluding hydrogens is 739 g/mol. The monoisotopic (exact) mass is 813 g/mol. The van der Waals surface area contributed by atoms with Crippen molar-refractivity contribution in [1.82, 2.24) is 0 Å². The standard InChI is InChI=1S/C57H73BN2O/c1-15-19-47(59-40-20-17-16-18-21-40)46-37-60(48-23-25-53(5,6)27-26-52(3,4)24-22-38(48)2)49-35-43-42(55(9,10)29-30-56(43,11)12)34-45(49)58(46)51-33-39-32-41-44(36-50(39)61-51)57(13,14)31-28-54(41,7)8/h15-23,32-37,59H,1,24-31H2,2-14H3/b38-22-,47-19+,48-23+. The summed E-state index contributed by atoms with van der Waals surface area (Å²) in [5.41, 5.74) is 16.8. The van der Waals surface area contributed by atoms with E-state index in [0.29, 0.717) is 0 Å². The van der Waals surface area contributed by atoms with E-state index in [4.69, 9.17) is 4.42 Å². The second kappa shape index (κ2) is 15.1. The Labute approximate surface area is 369 Å². The Balaban J connectivity index is 1.44. The van der Waals surface area contributed by atoms with Crippen molar-refractivity contribution in [3.63, 3.8) is 0 Å². The van der Waals surface area contributed by atoms with Crippen molar-refractivity contribution < 1.29 is 4.42 Å². The Hall–Kier alpha value is -4.44. The van der Waals surface area contributed by atoms with Crippen LogP contribution in [0.2, 0.25) is 0 Å². The smallest absolute Gasteiger partial charge is 0.293 e. The van der Waals surface area contributed by atoms with Crippen LogP contribution >= 0.6 is 0 Å². The molecule has 8 rings (SSSR count). The van der Waals surface area contributed by atoms with Gasteiger partial charge in [0.05, 0.1) is 5.66 Å². The van der Waals surface area contributed by atoms with Gasteiger partial charge in [-0.1, -0.05) is 132 Å². The summed E-state index contributed by atoms with van der Waals surface area (Å²) in [6.45, 7) is 35.7. The predicted molar refractivity (Wildman–Crippen MR) is 265 cm³/mol. The van der Waals surface area contributed by atoms with Crippen molar-refractivity contribution in [2.45, 2.75) is 163 Å². The molecule has 0 unspecified atom stereocenters. The lowest BCUT2D eigenvalue weighted by Crippen LogP contribution is -2.51. The van der Waals surface area contributed by atoms with Crippen LogP contribution in [0.25, 0.3) is 11.0 Å². The molecule has 0 saturated carbocycles. The van der Waals surface area contributed by atoms with Crippen molar-refractivity contribution in [1.29, 1.82) is 0 Å². The average Bonchev–Trinajstić information content (AvgIpc) is 3.62. The molecule has 4 aromatic rings. The van der Waals surface area contributed by atoms with Gasteiger partial charge in [0.15, 0.2) is 0 Å². The van der Waals surface area contributed by atoms with Gasteiger partial charge < -0.3 is 14.6 Å². The number of fused-ring (bicyclic) bond motifs is 4. The first-order valence-electron chi connectivity index (χ1n) is 23.3. The number of hydrogen-bond acceptors (Lipinski definition) is 3. The molecule has 1 aromatic heterocycles. The van der Waals surface area contributed by atoms with Gasteiger partial charge in [-0.25, -0.2) is 0 Å². The van der Waals surface area contributed by atoms with Crippen LogP contribution in [0.4, 0.5) is 11.4 Å². The van der Waals surface area contributed by atoms with Crippen molar-refractivity contribution in [3.8, 4) is 0 Å². The topological polar surface area (TPSA) is 28.4 Å². The van der Waals surface area contributed by atoms with Crippen LogP contribution in [0.15, 0.2) is 125 Å². The third kappa shape index (κ3) is 8.18. The summed E-state index contributed by atoms with van der Waals surface area (Å²) in [5.74, 6) is 0. The maximum atomic E-state index is 7.29. The number of para-hydroxylation sites is 1. The lowest BCUT2D eigenvalue weighted by atomic mass is 9.36. The summed E-state index contributed by atoms with van der Waals surface area (Å²) in [7, 11) is 0. The Morgan fingerprint density at radius 2 is 1.21 bits per heavy atom. The molecule has 0 fully saturated rings. The molecule has 2 heterocycles. The third-order valence-corrected chi connectivity index (χ3v) is 15.5.